The first-order valence-electron chi connectivity index (χ1n) is 5.79. The van der Waals surface area contributed by atoms with E-state index in [4.69, 9.17) is 4.74 Å². The van der Waals surface area contributed by atoms with Crippen molar-refractivity contribution in [1.82, 2.24) is 0 Å². The second-order valence-electron chi connectivity index (χ2n) is 5.47. The van der Waals surface area contributed by atoms with Gasteiger partial charge in [-0.25, -0.2) is 9.18 Å². The monoisotopic (exact) mass is 250 g/mol. The molecule has 1 aromatic carbocycles. The Balaban J connectivity index is 2.31. The molecule has 0 amide bonds. The number of rotatable bonds is 1. The van der Waals surface area contributed by atoms with Crippen molar-refractivity contribution in [3.05, 3.63) is 35.4 Å². The van der Waals surface area contributed by atoms with E-state index in [0.29, 0.717) is 5.56 Å². The van der Waals surface area contributed by atoms with Gasteiger partial charge in [0.2, 0.25) is 5.78 Å². The van der Waals surface area contributed by atoms with Crippen LogP contribution in [-0.2, 0) is 16.0 Å². The first-order valence-corrected chi connectivity index (χ1v) is 5.79. The zero-order valence-electron chi connectivity index (χ0n) is 10.6. The third kappa shape index (κ3) is 2.03. The summed E-state index contributed by atoms with van der Waals surface area (Å²) in [7, 11) is 0. The number of benzene rings is 1. The van der Waals surface area contributed by atoms with Crippen molar-refractivity contribution >= 4 is 11.8 Å². The lowest BCUT2D eigenvalue weighted by atomic mass is 10.0. The molecule has 0 N–H and O–H groups in total. The molecule has 4 heteroatoms. The lowest BCUT2D eigenvalue weighted by molar-refractivity contribution is -0.165. The first kappa shape index (κ1) is 12.7. The Morgan fingerprint density at radius 1 is 1.33 bits per heavy atom. The lowest BCUT2D eigenvalue weighted by Gasteiger charge is -2.24. The van der Waals surface area contributed by atoms with Crippen molar-refractivity contribution in [3.8, 4) is 0 Å². The molecule has 1 aliphatic rings. The molecule has 18 heavy (non-hydrogen) atoms. The number of carbonyl (C=O) groups is 2. The average molecular weight is 250 g/mol. The van der Waals surface area contributed by atoms with Gasteiger partial charge in [-0.1, -0.05) is 24.3 Å². The van der Waals surface area contributed by atoms with Gasteiger partial charge in [-0.05, 0) is 26.3 Å². The van der Waals surface area contributed by atoms with Crippen molar-refractivity contribution < 1.29 is 18.7 Å². The van der Waals surface area contributed by atoms with Crippen LogP contribution in [0.2, 0.25) is 0 Å². The molecule has 0 aliphatic heterocycles. The van der Waals surface area contributed by atoms with Gasteiger partial charge in [0, 0.05) is 12.0 Å². The van der Waals surface area contributed by atoms with Gasteiger partial charge in [0.25, 0.3) is 5.67 Å². The molecule has 0 bridgehead atoms. The molecule has 96 valence electrons. The minimum atomic E-state index is -2.57. The van der Waals surface area contributed by atoms with E-state index in [2.05, 4.69) is 0 Å². The van der Waals surface area contributed by atoms with Crippen molar-refractivity contribution in [2.75, 3.05) is 0 Å². The van der Waals surface area contributed by atoms with Crippen molar-refractivity contribution in [2.45, 2.75) is 38.5 Å². The Morgan fingerprint density at radius 3 is 2.50 bits per heavy atom. The number of fused-ring (bicyclic) bond motifs is 1. The summed E-state index contributed by atoms with van der Waals surface area (Å²) in [5.41, 5.74) is -2.57. The first-order chi connectivity index (χ1) is 8.24. The predicted octanol–water partition coefficient (Wildman–Crippen LogP) is 2.48. The summed E-state index contributed by atoms with van der Waals surface area (Å²) in [6.07, 6.45) is -0.239. The number of hydrogen-bond acceptors (Lipinski definition) is 3. The fourth-order valence-electron chi connectivity index (χ4n) is 1.98. The highest BCUT2D eigenvalue weighted by Gasteiger charge is 2.54. The van der Waals surface area contributed by atoms with Gasteiger partial charge < -0.3 is 4.74 Å². The number of esters is 1. The van der Waals surface area contributed by atoms with Gasteiger partial charge >= 0.3 is 5.97 Å². The highest BCUT2D eigenvalue weighted by Crippen LogP contribution is 2.35. The number of alkyl halides is 1. The van der Waals surface area contributed by atoms with E-state index in [1.807, 2.05) is 0 Å². The van der Waals surface area contributed by atoms with Crippen LogP contribution >= 0.6 is 0 Å². The summed E-state index contributed by atoms with van der Waals surface area (Å²) in [5.74, 6) is -1.90. The minimum absolute atomic E-state index is 0.239. The summed E-state index contributed by atoms with van der Waals surface area (Å²) >= 11 is 0. The van der Waals surface area contributed by atoms with Crippen LogP contribution in [0.3, 0.4) is 0 Å². The van der Waals surface area contributed by atoms with Crippen LogP contribution in [0.1, 0.15) is 36.7 Å². The Hall–Kier alpha value is -1.71. The third-order valence-electron chi connectivity index (χ3n) is 2.78. The van der Waals surface area contributed by atoms with Crippen LogP contribution in [0.4, 0.5) is 4.39 Å². The fourth-order valence-corrected chi connectivity index (χ4v) is 1.98. The molecule has 0 spiro atoms. The minimum Gasteiger partial charge on any atom is -0.457 e. The molecule has 1 aromatic rings. The molecule has 0 saturated heterocycles. The smallest absolute Gasteiger partial charge is 0.353 e. The van der Waals surface area contributed by atoms with Crippen LogP contribution in [-0.4, -0.2) is 23.0 Å². The number of hydrogen-bond donors (Lipinski definition) is 0. The second kappa shape index (κ2) is 3.90. The van der Waals surface area contributed by atoms with Crippen LogP contribution in [0.5, 0.6) is 0 Å². The molecule has 0 heterocycles. The van der Waals surface area contributed by atoms with Crippen molar-refractivity contribution in [3.63, 3.8) is 0 Å². The number of Topliss-reactive ketones (excluding diaryl/α,β-unsaturated/α-hetero) is 1. The quantitative estimate of drug-likeness (QED) is 0.568. The van der Waals surface area contributed by atoms with Gasteiger partial charge in [0.05, 0.1) is 0 Å². The van der Waals surface area contributed by atoms with Gasteiger partial charge in [-0.2, -0.15) is 0 Å². The SMILES string of the molecule is CC(C)(C)OC(=O)[C@@]1(F)Cc2ccccc2C1=O. The topological polar surface area (TPSA) is 43.4 Å². The van der Waals surface area contributed by atoms with Crippen LogP contribution in [0, 0.1) is 0 Å². The zero-order chi connectivity index (χ0) is 13.6. The molecule has 1 atom stereocenters. The van der Waals surface area contributed by atoms with E-state index >= 15 is 0 Å². The Labute approximate surface area is 105 Å². The molecule has 3 nitrogen and oxygen atoms in total. The highest BCUT2D eigenvalue weighted by molar-refractivity contribution is 6.18. The molecule has 0 saturated carbocycles. The van der Waals surface area contributed by atoms with Crippen LogP contribution < -0.4 is 0 Å². The normalized spacial score (nSPS) is 22.8. The summed E-state index contributed by atoms with van der Waals surface area (Å²) < 4.78 is 19.6. The van der Waals surface area contributed by atoms with E-state index in [1.165, 1.54) is 6.07 Å². The zero-order valence-corrected chi connectivity index (χ0v) is 10.6. The molecule has 0 unspecified atom stereocenters. The number of ether oxygens (including phenoxy) is 1. The summed E-state index contributed by atoms with van der Waals surface area (Å²) in [6, 6.07) is 6.55. The van der Waals surface area contributed by atoms with Crippen molar-refractivity contribution in [1.29, 1.82) is 0 Å². The van der Waals surface area contributed by atoms with E-state index < -0.39 is 23.0 Å². The number of ketones is 1. The Kier molecular flexibility index (Phi) is 2.76. The lowest BCUT2D eigenvalue weighted by Crippen LogP contribution is -2.44. The Morgan fingerprint density at radius 2 is 1.94 bits per heavy atom. The molecule has 0 aromatic heterocycles. The van der Waals surface area contributed by atoms with Crippen molar-refractivity contribution in [2.24, 2.45) is 0 Å². The van der Waals surface area contributed by atoms with Crippen LogP contribution in [0.15, 0.2) is 24.3 Å². The van der Waals surface area contributed by atoms with Crippen LogP contribution in [0.25, 0.3) is 0 Å². The highest BCUT2D eigenvalue weighted by atomic mass is 19.1. The van der Waals surface area contributed by atoms with Gasteiger partial charge in [-0.15, -0.1) is 0 Å². The average Bonchev–Trinajstić information content (AvgIpc) is 2.51. The fraction of sp³-hybridized carbons (Fsp3) is 0.429. The summed E-state index contributed by atoms with van der Waals surface area (Å²) in [5, 5.41) is 0. The largest absolute Gasteiger partial charge is 0.457 e. The summed E-state index contributed by atoms with van der Waals surface area (Å²) in [4.78, 5) is 23.8. The van der Waals surface area contributed by atoms with E-state index in [-0.39, 0.29) is 12.0 Å². The standard InChI is InChI=1S/C14H15FO3/c1-13(2,3)18-12(17)14(15)8-9-6-4-5-7-10(9)11(14)16/h4-7H,8H2,1-3H3/t14-/m1/s1. The maximum absolute atomic E-state index is 14.6. The second-order valence-corrected chi connectivity index (χ2v) is 5.47. The maximum atomic E-state index is 14.6. The number of carbonyl (C=O) groups excluding carboxylic acids is 2. The Bertz CT molecular complexity index is 516. The number of halogens is 1. The molecule has 1 aliphatic carbocycles. The summed E-state index contributed by atoms with van der Waals surface area (Å²) in [6.45, 7) is 4.92. The maximum Gasteiger partial charge on any atom is 0.353 e. The molecular formula is C14H15FO3. The van der Waals surface area contributed by atoms with Gasteiger partial charge in [0.15, 0.2) is 0 Å². The van der Waals surface area contributed by atoms with E-state index in [9.17, 15) is 14.0 Å². The molecule has 0 radical (unpaired) electrons. The van der Waals surface area contributed by atoms with Gasteiger partial charge in [-0.3, -0.25) is 4.79 Å². The predicted molar refractivity (Wildman–Crippen MR) is 64.2 cm³/mol. The third-order valence-corrected chi connectivity index (χ3v) is 2.78. The van der Waals surface area contributed by atoms with E-state index in [1.54, 1.807) is 39.0 Å². The molecule has 2 rings (SSSR count). The van der Waals surface area contributed by atoms with Gasteiger partial charge in [0.1, 0.15) is 5.60 Å². The molecular weight excluding hydrogens is 235 g/mol. The molecule has 0 fully saturated rings. The van der Waals surface area contributed by atoms with E-state index in [0.717, 1.165) is 0 Å².